The number of thiophene rings is 1. The molecule has 0 fully saturated rings. The maximum absolute atomic E-state index is 13.0. The highest BCUT2D eigenvalue weighted by atomic mass is 32.1. The van der Waals surface area contributed by atoms with Gasteiger partial charge < -0.3 is 9.88 Å². The number of hydrogen-bond donors (Lipinski definition) is 1. The molecular weight excluding hydrogens is 376 g/mol. The van der Waals surface area contributed by atoms with E-state index >= 15 is 0 Å². The summed E-state index contributed by atoms with van der Waals surface area (Å²) in [5, 5.41) is 7.01. The molecular formula is C19H20N6O2S. The molecule has 4 aromatic rings. The lowest BCUT2D eigenvalue weighted by Crippen LogP contribution is -2.29. The van der Waals surface area contributed by atoms with Crippen molar-refractivity contribution < 1.29 is 4.79 Å². The number of aryl methyl sites for hydroxylation is 1. The molecule has 1 N–H and O–H groups in total. The Labute approximate surface area is 164 Å². The zero-order chi connectivity index (χ0) is 20.0. The number of fused-ring (bicyclic) bond motifs is 2. The fraction of sp³-hybridized carbons (Fsp3) is 0.316. The van der Waals surface area contributed by atoms with Crippen LogP contribution in [0.2, 0.25) is 0 Å². The third-order valence-corrected chi connectivity index (χ3v) is 5.48. The Morgan fingerprint density at radius 2 is 2.14 bits per heavy atom. The number of aromatic nitrogens is 5. The number of carbonyl (C=O) groups excluding carboxylic acids is 1. The first-order valence-electron chi connectivity index (χ1n) is 8.92. The van der Waals surface area contributed by atoms with Gasteiger partial charge in [0.1, 0.15) is 10.5 Å². The summed E-state index contributed by atoms with van der Waals surface area (Å²) in [6.07, 6.45) is 1.72. The van der Waals surface area contributed by atoms with Crippen molar-refractivity contribution in [3.8, 4) is 0 Å². The van der Waals surface area contributed by atoms with Crippen molar-refractivity contribution in [3.63, 3.8) is 0 Å². The lowest BCUT2D eigenvalue weighted by Gasteiger charge is -2.18. The lowest BCUT2D eigenvalue weighted by atomic mass is 10.1. The second kappa shape index (κ2) is 6.83. The van der Waals surface area contributed by atoms with Crippen LogP contribution in [-0.4, -0.2) is 42.6 Å². The standard InChI is InChI=1S/C19H20N6O2S/c1-10(2)25-17-12(8-20-25)7-13(11(3)21-17)19(27)24(4)9-15-22-14-5-6-28-16(14)18(26)23-15/h5-8,10H,9H2,1-4H3,(H,22,23,26). The predicted octanol–water partition coefficient (Wildman–Crippen LogP) is 2.89. The molecule has 0 bridgehead atoms. The Bertz CT molecular complexity index is 1250. The summed E-state index contributed by atoms with van der Waals surface area (Å²) in [4.78, 5) is 38.4. The molecule has 28 heavy (non-hydrogen) atoms. The van der Waals surface area contributed by atoms with Gasteiger partial charge in [0.2, 0.25) is 0 Å². The molecule has 0 radical (unpaired) electrons. The Morgan fingerprint density at radius 3 is 2.89 bits per heavy atom. The van der Waals surface area contributed by atoms with Gasteiger partial charge in [-0.1, -0.05) is 0 Å². The summed E-state index contributed by atoms with van der Waals surface area (Å²) >= 11 is 1.35. The minimum absolute atomic E-state index is 0.183. The van der Waals surface area contributed by atoms with E-state index in [0.717, 1.165) is 11.0 Å². The summed E-state index contributed by atoms with van der Waals surface area (Å²) in [7, 11) is 1.68. The van der Waals surface area contributed by atoms with Crippen molar-refractivity contribution in [2.75, 3.05) is 7.05 Å². The molecule has 4 heterocycles. The van der Waals surface area contributed by atoms with E-state index in [1.165, 1.54) is 16.2 Å². The quantitative estimate of drug-likeness (QED) is 0.572. The van der Waals surface area contributed by atoms with Gasteiger partial charge in [0.15, 0.2) is 5.65 Å². The van der Waals surface area contributed by atoms with Gasteiger partial charge in [-0.25, -0.2) is 14.6 Å². The number of rotatable bonds is 4. The Balaban J connectivity index is 1.64. The molecule has 4 aromatic heterocycles. The molecule has 144 valence electrons. The number of aromatic amines is 1. The van der Waals surface area contributed by atoms with E-state index in [9.17, 15) is 9.59 Å². The molecule has 1 amide bonds. The van der Waals surface area contributed by atoms with Gasteiger partial charge in [-0.3, -0.25) is 9.59 Å². The average molecular weight is 396 g/mol. The van der Waals surface area contributed by atoms with Crippen LogP contribution in [0.3, 0.4) is 0 Å². The largest absolute Gasteiger partial charge is 0.334 e. The first-order valence-corrected chi connectivity index (χ1v) is 9.80. The van der Waals surface area contributed by atoms with Crippen LogP contribution in [0.15, 0.2) is 28.5 Å². The van der Waals surface area contributed by atoms with Gasteiger partial charge in [0.25, 0.3) is 11.5 Å². The van der Waals surface area contributed by atoms with E-state index in [0.29, 0.717) is 27.3 Å². The summed E-state index contributed by atoms with van der Waals surface area (Å²) in [5.41, 5.74) is 2.38. The van der Waals surface area contributed by atoms with Gasteiger partial charge in [-0.05, 0) is 38.3 Å². The van der Waals surface area contributed by atoms with Gasteiger partial charge in [-0.2, -0.15) is 5.10 Å². The first-order chi connectivity index (χ1) is 13.3. The molecule has 4 rings (SSSR count). The molecule has 0 aromatic carbocycles. The molecule has 0 unspecified atom stereocenters. The van der Waals surface area contributed by atoms with E-state index in [1.54, 1.807) is 19.3 Å². The van der Waals surface area contributed by atoms with Crippen LogP contribution in [-0.2, 0) is 6.54 Å². The van der Waals surface area contributed by atoms with E-state index in [2.05, 4.69) is 20.1 Å². The van der Waals surface area contributed by atoms with Crippen molar-refractivity contribution >= 4 is 38.5 Å². The van der Waals surface area contributed by atoms with Crippen LogP contribution < -0.4 is 5.56 Å². The first kappa shape index (κ1) is 18.3. The highest BCUT2D eigenvalue weighted by Gasteiger charge is 2.19. The summed E-state index contributed by atoms with van der Waals surface area (Å²) in [6.45, 7) is 6.08. The average Bonchev–Trinajstić information content (AvgIpc) is 3.27. The second-order valence-corrected chi connectivity index (χ2v) is 7.94. The number of nitrogens with zero attached hydrogens (tertiary/aromatic N) is 5. The van der Waals surface area contributed by atoms with Crippen LogP contribution >= 0.6 is 11.3 Å². The fourth-order valence-electron chi connectivity index (χ4n) is 3.16. The van der Waals surface area contributed by atoms with E-state index in [-0.39, 0.29) is 24.1 Å². The molecule has 8 nitrogen and oxygen atoms in total. The maximum Gasteiger partial charge on any atom is 0.268 e. The summed E-state index contributed by atoms with van der Waals surface area (Å²) < 4.78 is 2.43. The normalized spacial score (nSPS) is 11.6. The monoisotopic (exact) mass is 396 g/mol. The van der Waals surface area contributed by atoms with Crippen LogP contribution in [0.25, 0.3) is 21.3 Å². The highest BCUT2D eigenvalue weighted by Crippen LogP contribution is 2.21. The Morgan fingerprint density at radius 1 is 1.36 bits per heavy atom. The van der Waals surface area contributed by atoms with E-state index in [1.807, 2.05) is 36.9 Å². The van der Waals surface area contributed by atoms with Crippen molar-refractivity contribution in [3.05, 3.63) is 51.1 Å². The van der Waals surface area contributed by atoms with Crippen LogP contribution in [0.4, 0.5) is 0 Å². The molecule has 0 aliphatic carbocycles. The Hall–Kier alpha value is -3.07. The summed E-state index contributed by atoms with van der Waals surface area (Å²) in [6, 6.07) is 3.80. The van der Waals surface area contributed by atoms with Gasteiger partial charge in [0, 0.05) is 18.5 Å². The van der Waals surface area contributed by atoms with Crippen LogP contribution in [0.1, 0.15) is 41.8 Å². The zero-order valence-electron chi connectivity index (χ0n) is 16.1. The van der Waals surface area contributed by atoms with Gasteiger partial charge in [0.05, 0.1) is 29.5 Å². The highest BCUT2D eigenvalue weighted by molar-refractivity contribution is 7.17. The molecule has 0 saturated heterocycles. The zero-order valence-corrected chi connectivity index (χ0v) is 16.9. The smallest absolute Gasteiger partial charge is 0.268 e. The maximum atomic E-state index is 13.0. The second-order valence-electron chi connectivity index (χ2n) is 7.03. The number of amides is 1. The van der Waals surface area contributed by atoms with Gasteiger partial charge >= 0.3 is 0 Å². The number of hydrogen-bond acceptors (Lipinski definition) is 6. The third-order valence-electron chi connectivity index (χ3n) is 4.58. The predicted molar refractivity (Wildman–Crippen MR) is 109 cm³/mol. The van der Waals surface area contributed by atoms with Crippen molar-refractivity contribution in [2.45, 2.75) is 33.4 Å². The summed E-state index contributed by atoms with van der Waals surface area (Å²) in [5.74, 6) is 0.267. The van der Waals surface area contributed by atoms with Crippen LogP contribution in [0.5, 0.6) is 0 Å². The SMILES string of the molecule is Cc1nc2c(cnn2C(C)C)cc1C(=O)N(C)Cc1nc2ccsc2c(=O)[nH]1. The van der Waals surface area contributed by atoms with E-state index in [4.69, 9.17) is 0 Å². The topological polar surface area (TPSA) is 96.8 Å². The number of pyridine rings is 1. The minimum atomic E-state index is -0.184. The van der Waals surface area contributed by atoms with Crippen molar-refractivity contribution in [1.29, 1.82) is 0 Å². The molecule has 0 aliphatic rings. The van der Waals surface area contributed by atoms with E-state index < -0.39 is 0 Å². The molecule has 0 saturated carbocycles. The minimum Gasteiger partial charge on any atom is -0.334 e. The lowest BCUT2D eigenvalue weighted by molar-refractivity contribution is 0.0780. The molecule has 9 heteroatoms. The fourth-order valence-corrected chi connectivity index (χ4v) is 3.88. The number of H-pyrrole nitrogens is 1. The molecule has 0 atom stereocenters. The number of carbonyl (C=O) groups is 1. The Kier molecular flexibility index (Phi) is 4.46. The third kappa shape index (κ3) is 3.07. The molecule has 0 aliphatic heterocycles. The van der Waals surface area contributed by atoms with Gasteiger partial charge in [-0.15, -0.1) is 11.3 Å². The number of nitrogens with one attached hydrogen (secondary N) is 1. The van der Waals surface area contributed by atoms with Crippen LogP contribution in [0, 0.1) is 6.92 Å². The van der Waals surface area contributed by atoms with Crippen molar-refractivity contribution in [1.82, 2.24) is 29.6 Å². The molecule has 0 spiro atoms. The van der Waals surface area contributed by atoms with Crippen molar-refractivity contribution in [2.24, 2.45) is 0 Å².